The van der Waals surface area contributed by atoms with Crippen molar-refractivity contribution < 1.29 is 5.11 Å². The Morgan fingerprint density at radius 3 is 2.86 bits per heavy atom. The molecule has 0 saturated heterocycles. The normalized spacial score (nSPS) is 12.8. The van der Waals surface area contributed by atoms with E-state index in [1.165, 1.54) is 11.1 Å². The molecule has 0 bridgehead atoms. The minimum atomic E-state index is -0.250. The fourth-order valence-electron chi connectivity index (χ4n) is 1.57. The van der Waals surface area contributed by atoms with Crippen molar-refractivity contribution in [3.8, 4) is 0 Å². The number of hydrogen-bond acceptors (Lipinski definition) is 2. The highest BCUT2D eigenvalue weighted by molar-refractivity contribution is 5.22. The summed E-state index contributed by atoms with van der Waals surface area (Å²) in [5.41, 5.74) is 7.83. The molecule has 1 aromatic rings. The Hall–Kier alpha value is -0.860. The van der Waals surface area contributed by atoms with E-state index in [1.54, 1.807) is 0 Å². The van der Waals surface area contributed by atoms with Crippen LogP contribution in [0.5, 0.6) is 0 Å². The van der Waals surface area contributed by atoms with Crippen molar-refractivity contribution >= 4 is 0 Å². The molecule has 0 fully saturated rings. The Balaban J connectivity index is 2.43. The predicted octanol–water partition coefficient (Wildman–Crippen LogP) is 1.64. The summed E-state index contributed by atoms with van der Waals surface area (Å²) in [5, 5.41) is 9.67. The SMILES string of the molecule is Cc1cccc(CC(O)CCCN)c1. The van der Waals surface area contributed by atoms with Gasteiger partial charge in [0.25, 0.3) is 0 Å². The summed E-state index contributed by atoms with van der Waals surface area (Å²) < 4.78 is 0. The maximum absolute atomic E-state index is 9.67. The third kappa shape index (κ3) is 3.90. The summed E-state index contributed by atoms with van der Waals surface area (Å²) in [6.45, 7) is 2.72. The van der Waals surface area contributed by atoms with Crippen LogP contribution in [0.15, 0.2) is 24.3 Å². The fraction of sp³-hybridized carbons (Fsp3) is 0.500. The number of benzene rings is 1. The number of hydrogen-bond donors (Lipinski definition) is 2. The van der Waals surface area contributed by atoms with E-state index in [0.29, 0.717) is 6.54 Å². The van der Waals surface area contributed by atoms with Crippen molar-refractivity contribution in [3.63, 3.8) is 0 Å². The lowest BCUT2D eigenvalue weighted by Crippen LogP contribution is -2.12. The zero-order chi connectivity index (χ0) is 10.4. The number of aryl methyl sites for hydroxylation is 1. The molecular formula is C12H19NO. The van der Waals surface area contributed by atoms with Crippen molar-refractivity contribution in [2.45, 2.75) is 32.3 Å². The topological polar surface area (TPSA) is 46.2 Å². The second kappa shape index (κ2) is 5.78. The van der Waals surface area contributed by atoms with Crippen molar-refractivity contribution in [1.29, 1.82) is 0 Å². The highest BCUT2D eigenvalue weighted by atomic mass is 16.3. The average Bonchev–Trinajstić information content (AvgIpc) is 2.15. The summed E-state index contributed by atoms with van der Waals surface area (Å²) in [6.07, 6.45) is 2.18. The first-order valence-corrected chi connectivity index (χ1v) is 5.16. The van der Waals surface area contributed by atoms with Crippen LogP contribution in [0.4, 0.5) is 0 Å². The number of aliphatic hydroxyl groups excluding tert-OH is 1. The second-order valence-corrected chi connectivity index (χ2v) is 3.78. The molecule has 78 valence electrons. The van der Waals surface area contributed by atoms with Crippen molar-refractivity contribution in [1.82, 2.24) is 0 Å². The highest BCUT2D eigenvalue weighted by Crippen LogP contribution is 2.09. The standard InChI is InChI=1S/C12H19NO/c1-10-4-2-5-11(8-10)9-12(14)6-3-7-13/h2,4-5,8,12,14H,3,6-7,9,13H2,1H3. The van der Waals surface area contributed by atoms with Gasteiger partial charge in [0.15, 0.2) is 0 Å². The van der Waals surface area contributed by atoms with Gasteiger partial charge in [-0.05, 0) is 38.3 Å². The van der Waals surface area contributed by atoms with Crippen LogP contribution in [-0.4, -0.2) is 17.8 Å². The molecule has 2 heteroatoms. The summed E-state index contributed by atoms with van der Waals surface area (Å²) in [4.78, 5) is 0. The second-order valence-electron chi connectivity index (χ2n) is 3.78. The van der Waals surface area contributed by atoms with E-state index in [-0.39, 0.29) is 6.10 Å². The first kappa shape index (κ1) is 11.2. The van der Waals surface area contributed by atoms with Gasteiger partial charge in [0, 0.05) is 0 Å². The van der Waals surface area contributed by atoms with E-state index < -0.39 is 0 Å². The molecule has 1 unspecified atom stereocenters. The molecule has 2 nitrogen and oxygen atoms in total. The van der Waals surface area contributed by atoms with Gasteiger partial charge in [-0.2, -0.15) is 0 Å². The molecule has 0 aliphatic heterocycles. The number of nitrogens with two attached hydrogens (primary N) is 1. The maximum Gasteiger partial charge on any atom is 0.0581 e. The van der Waals surface area contributed by atoms with Gasteiger partial charge in [-0.25, -0.2) is 0 Å². The molecule has 14 heavy (non-hydrogen) atoms. The lowest BCUT2D eigenvalue weighted by molar-refractivity contribution is 0.163. The highest BCUT2D eigenvalue weighted by Gasteiger charge is 2.04. The van der Waals surface area contributed by atoms with E-state index in [9.17, 15) is 5.11 Å². The number of aliphatic hydroxyl groups is 1. The van der Waals surface area contributed by atoms with Crippen LogP contribution in [0, 0.1) is 6.92 Å². The van der Waals surface area contributed by atoms with Crippen LogP contribution in [0.2, 0.25) is 0 Å². The third-order valence-corrected chi connectivity index (χ3v) is 2.30. The zero-order valence-electron chi connectivity index (χ0n) is 8.74. The smallest absolute Gasteiger partial charge is 0.0581 e. The molecule has 0 radical (unpaired) electrons. The molecular weight excluding hydrogens is 174 g/mol. The minimum absolute atomic E-state index is 0.250. The molecule has 3 N–H and O–H groups in total. The Morgan fingerprint density at radius 2 is 2.21 bits per heavy atom. The van der Waals surface area contributed by atoms with Gasteiger partial charge < -0.3 is 10.8 Å². The maximum atomic E-state index is 9.67. The van der Waals surface area contributed by atoms with E-state index in [1.807, 2.05) is 6.07 Å². The van der Waals surface area contributed by atoms with Crippen LogP contribution in [0.3, 0.4) is 0 Å². The summed E-state index contributed by atoms with van der Waals surface area (Å²) in [6, 6.07) is 8.26. The molecule has 0 heterocycles. The van der Waals surface area contributed by atoms with Crippen LogP contribution in [0.1, 0.15) is 24.0 Å². The predicted molar refractivity (Wildman–Crippen MR) is 59.2 cm³/mol. The summed E-state index contributed by atoms with van der Waals surface area (Å²) in [7, 11) is 0. The van der Waals surface area contributed by atoms with Gasteiger partial charge in [-0.1, -0.05) is 29.8 Å². The monoisotopic (exact) mass is 193 g/mol. The average molecular weight is 193 g/mol. The van der Waals surface area contributed by atoms with Crippen molar-refractivity contribution in [2.24, 2.45) is 5.73 Å². The van der Waals surface area contributed by atoms with Crippen LogP contribution >= 0.6 is 0 Å². The summed E-state index contributed by atoms with van der Waals surface area (Å²) >= 11 is 0. The largest absolute Gasteiger partial charge is 0.393 e. The Morgan fingerprint density at radius 1 is 1.43 bits per heavy atom. The fourth-order valence-corrected chi connectivity index (χ4v) is 1.57. The lowest BCUT2D eigenvalue weighted by atomic mass is 10.0. The van der Waals surface area contributed by atoms with Gasteiger partial charge in [0.2, 0.25) is 0 Å². The molecule has 0 aromatic heterocycles. The molecule has 0 aliphatic rings. The van der Waals surface area contributed by atoms with Gasteiger partial charge in [-0.3, -0.25) is 0 Å². The van der Waals surface area contributed by atoms with Gasteiger partial charge >= 0.3 is 0 Å². The lowest BCUT2D eigenvalue weighted by Gasteiger charge is -2.10. The third-order valence-electron chi connectivity index (χ3n) is 2.30. The van der Waals surface area contributed by atoms with Gasteiger partial charge in [0.05, 0.1) is 6.10 Å². The molecule has 0 saturated carbocycles. The van der Waals surface area contributed by atoms with Crippen LogP contribution in [0.25, 0.3) is 0 Å². The van der Waals surface area contributed by atoms with E-state index >= 15 is 0 Å². The van der Waals surface area contributed by atoms with Crippen molar-refractivity contribution in [3.05, 3.63) is 35.4 Å². The Labute approximate surface area is 85.8 Å². The summed E-state index contributed by atoms with van der Waals surface area (Å²) in [5.74, 6) is 0. The van der Waals surface area contributed by atoms with Gasteiger partial charge in [-0.15, -0.1) is 0 Å². The van der Waals surface area contributed by atoms with E-state index in [0.717, 1.165) is 19.3 Å². The zero-order valence-corrected chi connectivity index (χ0v) is 8.74. The van der Waals surface area contributed by atoms with E-state index in [2.05, 4.69) is 25.1 Å². The Bertz CT molecular complexity index is 273. The molecule has 1 rings (SSSR count). The van der Waals surface area contributed by atoms with Crippen LogP contribution in [-0.2, 0) is 6.42 Å². The molecule has 0 amide bonds. The quantitative estimate of drug-likeness (QED) is 0.746. The van der Waals surface area contributed by atoms with E-state index in [4.69, 9.17) is 5.73 Å². The molecule has 1 atom stereocenters. The minimum Gasteiger partial charge on any atom is -0.393 e. The molecule has 0 spiro atoms. The Kier molecular flexibility index (Phi) is 4.63. The number of rotatable bonds is 5. The van der Waals surface area contributed by atoms with Gasteiger partial charge in [0.1, 0.15) is 0 Å². The first-order chi connectivity index (χ1) is 6.72. The van der Waals surface area contributed by atoms with Crippen molar-refractivity contribution in [2.75, 3.05) is 6.54 Å². The first-order valence-electron chi connectivity index (χ1n) is 5.16. The molecule has 0 aliphatic carbocycles. The van der Waals surface area contributed by atoms with Crippen LogP contribution < -0.4 is 5.73 Å². The molecule has 1 aromatic carbocycles.